The maximum atomic E-state index is 5.88. The van der Waals surface area contributed by atoms with Crippen molar-refractivity contribution in [3.05, 3.63) is 83.4 Å². The number of pyridine rings is 1. The molecule has 34 heavy (non-hydrogen) atoms. The highest BCUT2D eigenvalue weighted by Crippen LogP contribution is 2.39. The number of hydrogen-bond acceptors (Lipinski definition) is 4. The summed E-state index contributed by atoms with van der Waals surface area (Å²) in [6.07, 6.45) is 5.07. The molecule has 7 heteroatoms. The molecule has 2 aliphatic heterocycles. The van der Waals surface area contributed by atoms with Crippen LogP contribution in [-0.4, -0.2) is 63.9 Å². The fourth-order valence-electron chi connectivity index (χ4n) is 5.00. The molecule has 2 atom stereocenters. The molecule has 0 bridgehead atoms. The standard InChI is InChI=1S/C27H33N5OS/c1-20-9-10-22(19-21(20)2)31-13-5-8-24(31)26-25(23-7-3-4-11-28-23)29-27(34)32(26)14-6-12-30-15-17-33-18-16-30/h3-5,7-11,13,19,25-26H,6,12,14-18H2,1-2H3,(H,29,34)/t25-,26-/m0/s1. The lowest BCUT2D eigenvalue weighted by atomic mass is 10.0. The molecule has 2 saturated heterocycles. The zero-order chi connectivity index (χ0) is 23.5. The van der Waals surface area contributed by atoms with Crippen molar-refractivity contribution < 1.29 is 4.74 Å². The van der Waals surface area contributed by atoms with Crippen molar-refractivity contribution in [2.24, 2.45) is 0 Å². The quantitative estimate of drug-likeness (QED) is 0.517. The van der Waals surface area contributed by atoms with Gasteiger partial charge in [0, 0.05) is 50.0 Å². The number of nitrogens with zero attached hydrogens (tertiary/aromatic N) is 4. The Balaban J connectivity index is 1.45. The van der Waals surface area contributed by atoms with Crippen LogP contribution in [0, 0.1) is 13.8 Å². The molecule has 6 nitrogen and oxygen atoms in total. The Morgan fingerprint density at radius 3 is 2.65 bits per heavy atom. The number of benzene rings is 1. The van der Waals surface area contributed by atoms with E-state index in [0.717, 1.165) is 56.6 Å². The number of aromatic nitrogens is 2. The Morgan fingerprint density at radius 2 is 1.88 bits per heavy atom. The third-order valence-corrected chi connectivity index (χ3v) is 7.38. The monoisotopic (exact) mass is 475 g/mol. The van der Waals surface area contributed by atoms with Crippen LogP contribution in [0.5, 0.6) is 0 Å². The van der Waals surface area contributed by atoms with E-state index in [9.17, 15) is 0 Å². The van der Waals surface area contributed by atoms with E-state index in [1.165, 1.54) is 22.5 Å². The van der Waals surface area contributed by atoms with Crippen LogP contribution in [-0.2, 0) is 4.74 Å². The predicted molar refractivity (Wildman–Crippen MR) is 139 cm³/mol. The van der Waals surface area contributed by atoms with Gasteiger partial charge in [-0.05, 0) is 80.0 Å². The van der Waals surface area contributed by atoms with E-state index in [0.29, 0.717) is 0 Å². The lowest BCUT2D eigenvalue weighted by Gasteiger charge is -2.31. The van der Waals surface area contributed by atoms with Crippen molar-refractivity contribution in [1.29, 1.82) is 0 Å². The van der Waals surface area contributed by atoms with E-state index in [2.05, 4.69) is 76.1 Å². The van der Waals surface area contributed by atoms with Crippen molar-refractivity contribution in [1.82, 2.24) is 24.7 Å². The zero-order valence-electron chi connectivity index (χ0n) is 20.0. The zero-order valence-corrected chi connectivity index (χ0v) is 20.8. The molecular weight excluding hydrogens is 442 g/mol. The summed E-state index contributed by atoms with van der Waals surface area (Å²) in [5.74, 6) is 0. The summed E-state index contributed by atoms with van der Waals surface area (Å²) < 4.78 is 7.81. The number of aryl methyl sites for hydroxylation is 2. The van der Waals surface area contributed by atoms with Gasteiger partial charge in [0.2, 0.25) is 0 Å². The van der Waals surface area contributed by atoms with Crippen LogP contribution in [0.15, 0.2) is 60.9 Å². The first-order valence-electron chi connectivity index (χ1n) is 12.1. The molecule has 3 aromatic rings. The van der Waals surface area contributed by atoms with Gasteiger partial charge in [0.1, 0.15) is 0 Å². The molecule has 1 N–H and O–H groups in total. The predicted octanol–water partition coefficient (Wildman–Crippen LogP) is 4.18. The van der Waals surface area contributed by atoms with Gasteiger partial charge >= 0.3 is 0 Å². The minimum absolute atomic E-state index is 0.00252. The van der Waals surface area contributed by atoms with Gasteiger partial charge in [-0.1, -0.05) is 12.1 Å². The highest BCUT2D eigenvalue weighted by Gasteiger charge is 2.41. The highest BCUT2D eigenvalue weighted by atomic mass is 32.1. The molecule has 0 saturated carbocycles. The third-order valence-electron chi connectivity index (χ3n) is 7.03. The molecule has 0 unspecified atom stereocenters. The summed E-state index contributed by atoms with van der Waals surface area (Å²) in [5, 5.41) is 4.40. The van der Waals surface area contributed by atoms with Crippen molar-refractivity contribution >= 4 is 17.3 Å². The van der Waals surface area contributed by atoms with E-state index in [4.69, 9.17) is 21.9 Å². The van der Waals surface area contributed by atoms with Gasteiger partial charge in [0.15, 0.2) is 5.11 Å². The van der Waals surface area contributed by atoms with Crippen molar-refractivity contribution in [2.45, 2.75) is 32.4 Å². The lowest BCUT2D eigenvalue weighted by Crippen LogP contribution is -2.39. The summed E-state index contributed by atoms with van der Waals surface area (Å²) >= 11 is 5.88. The normalized spacial score (nSPS) is 21.1. The second-order valence-corrected chi connectivity index (χ2v) is 9.59. The van der Waals surface area contributed by atoms with Crippen LogP contribution in [0.2, 0.25) is 0 Å². The Morgan fingerprint density at radius 1 is 1.03 bits per heavy atom. The molecule has 0 radical (unpaired) electrons. The average Bonchev–Trinajstić information content (AvgIpc) is 3.47. The summed E-state index contributed by atoms with van der Waals surface area (Å²) in [4.78, 5) is 9.54. The Labute approximate surface area is 207 Å². The maximum Gasteiger partial charge on any atom is 0.170 e. The average molecular weight is 476 g/mol. The summed E-state index contributed by atoms with van der Waals surface area (Å²) in [7, 11) is 0. The largest absolute Gasteiger partial charge is 0.379 e. The fraction of sp³-hybridized carbons (Fsp3) is 0.407. The van der Waals surface area contributed by atoms with E-state index >= 15 is 0 Å². The number of hydrogen-bond donors (Lipinski definition) is 1. The van der Waals surface area contributed by atoms with Gasteiger partial charge in [0.25, 0.3) is 0 Å². The van der Waals surface area contributed by atoms with E-state index in [1.807, 2.05) is 18.3 Å². The Kier molecular flexibility index (Phi) is 6.94. The molecule has 2 aromatic heterocycles. The van der Waals surface area contributed by atoms with Crippen LogP contribution < -0.4 is 5.32 Å². The van der Waals surface area contributed by atoms with Crippen molar-refractivity contribution in [3.63, 3.8) is 0 Å². The van der Waals surface area contributed by atoms with E-state index < -0.39 is 0 Å². The van der Waals surface area contributed by atoms with Crippen LogP contribution >= 0.6 is 12.2 Å². The second-order valence-electron chi connectivity index (χ2n) is 9.20. The molecule has 178 valence electrons. The van der Waals surface area contributed by atoms with E-state index in [1.54, 1.807) is 0 Å². The lowest BCUT2D eigenvalue weighted by molar-refractivity contribution is 0.0365. The number of morpholine rings is 1. The first-order chi connectivity index (χ1) is 16.6. The molecular formula is C27H33N5OS. The highest BCUT2D eigenvalue weighted by molar-refractivity contribution is 7.80. The third kappa shape index (κ3) is 4.73. The smallest absolute Gasteiger partial charge is 0.170 e. The van der Waals surface area contributed by atoms with Crippen LogP contribution in [0.3, 0.4) is 0 Å². The van der Waals surface area contributed by atoms with Crippen molar-refractivity contribution in [2.75, 3.05) is 39.4 Å². The van der Waals surface area contributed by atoms with Crippen LogP contribution in [0.4, 0.5) is 0 Å². The molecule has 1 aromatic carbocycles. The molecule has 0 aliphatic carbocycles. The molecule has 4 heterocycles. The molecule has 2 fully saturated rings. The van der Waals surface area contributed by atoms with Crippen LogP contribution in [0.25, 0.3) is 5.69 Å². The van der Waals surface area contributed by atoms with Gasteiger partial charge in [-0.15, -0.1) is 0 Å². The first-order valence-corrected chi connectivity index (χ1v) is 12.6. The van der Waals surface area contributed by atoms with E-state index in [-0.39, 0.29) is 12.1 Å². The van der Waals surface area contributed by atoms with Crippen LogP contribution in [0.1, 0.15) is 41.0 Å². The van der Waals surface area contributed by atoms with Gasteiger partial charge in [-0.3, -0.25) is 9.88 Å². The summed E-state index contributed by atoms with van der Waals surface area (Å²) in [5.41, 5.74) is 6.00. The molecule has 2 aliphatic rings. The number of ether oxygens (including phenoxy) is 1. The Bertz CT molecular complexity index is 1130. The fourth-order valence-corrected chi connectivity index (χ4v) is 5.33. The van der Waals surface area contributed by atoms with Gasteiger partial charge in [-0.25, -0.2) is 0 Å². The van der Waals surface area contributed by atoms with Gasteiger partial charge < -0.3 is 19.5 Å². The van der Waals surface area contributed by atoms with Gasteiger partial charge in [0.05, 0.1) is 31.0 Å². The molecule has 0 amide bonds. The molecule has 5 rings (SSSR count). The summed E-state index contributed by atoms with van der Waals surface area (Å²) in [6, 6.07) is 17.2. The van der Waals surface area contributed by atoms with Gasteiger partial charge in [-0.2, -0.15) is 0 Å². The number of thiocarbonyl (C=S) groups is 1. The SMILES string of the molecule is Cc1ccc(-n2cccc2[C@H]2[C@H](c3ccccn3)NC(=S)N2CCCN2CCOCC2)cc1C. The minimum Gasteiger partial charge on any atom is -0.379 e. The second kappa shape index (κ2) is 10.3. The Hall–Kier alpha value is -2.74. The maximum absolute atomic E-state index is 5.88. The number of nitrogens with one attached hydrogen (secondary N) is 1. The number of rotatable bonds is 7. The topological polar surface area (TPSA) is 45.6 Å². The molecule has 0 spiro atoms. The van der Waals surface area contributed by atoms with Crippen molar-refractivity contribution in [3.8, 4) is 5.69 Å². The first kappa shape index (κ1) is 23.0. The summed E-state index contributed by atoms with van der Waals surface area (Å²) in [6.45, 7) is 9.97. The minimum atomic E-state index is -0.00252.